The number of carboxylic acids is 1. The van der Waals surface area contributed by atoms with Crippen molar-refractivity contribution in [2.75, 3.05) is 0 Å². The van der Waals surface area contributed by atoms with Gasteiger partial charge in [-0.05, 0) is 6.92 Å². The highest BCUT2D eigenvalue weighted by atomic mass is 16.7. The van der Waals surface area contributed by atoms with Crippen molar-refractivity contribution in [1.82, 2.24) is 5.48 Å². The van der Waals surface area contributed by atoms with Gasteiger partial charge in [-0.1, -0.05) is 0 Å². The number of aliphatic carboxylic acids is 1. The number of hydrogen-bond donors (Lipinski definition) is 2. The number of amides is 1. The molecule has 0 heterocycles. The molecule has 0 saturated heterocycles. The van der Waals surface area contributed by atoms with Crippen molar-refractivity contribution in [1.29, 1.82) is 0 Å². The molecule has 0 aromatic rings. The summed E-state index contributed by atoms with van der Waals surface area (Å²) in [6.45, 7) is 1.30. The zero-order valence-electron chi connectivity index (χ0n) is 4.83. The van der Waals surface area contributed by atoms with E-state index in [0.29, 0.717) is 0 Å². The summed E-state index contributed by atoms with van der Waals surface area (Å²) in [6, 6.07) is 0. The highest BCUT2D eigenvalue weighted by Crippen LogP contribution is 1.83. The molecular formula is C4H7NO4. The van der Waals surface area contributed by atoms with E-state index in [2.05, 4.69) is 4.84 Å². The normalized spacial score (nSPS) is 12.1. The lowest BCUT2D eigenvalue weighted by atomic mass is 10.4. The van der Waals surface area contributed by atoms with Crippen LogP contribution < -0.4 is 5.48 Å². The highest BCUT2D eigenvalue weighted by molar-refractivity contribution is 5.71. The van der Waals surface area contributed by atoms with Gasteiger partial charge in [0.15, 0.2) is 6.10 Å². The second-order valence-electron chi connectivity index (χ2n) is 1.33. The van der Waals surface area contributed by atoms with Crippen LogP contribution in [0.2, 0.25) is 0 Å². The minimum absolute atomic E-state index is 0.263. The number of hydroxylamine groups is 1. The molecule has 0 aromatic heterocycles. The number of carboxylic acid groups (broad SMARTS) is 1. The van der Waals surface area contributed by atoms with Crippen LogP contribution in [0.1, 0.15) is 6.92 Å². The van der Waals surface area contributed by atoms with Crippen LogP contribution in [0.4, 0.5) is 0 Å². The summed E-state index contributed by atoms with van der Waals surface area (Å²) in [4.78, 5) is 23.7. The fraction of sp³-hybridized carbons (Fsp3) is 0.500. The molecule has 0 aliphatic rings. The van der Waals surface area contributed by atoms with E-state index in [1.165, 1.54) is 6.92 Å². The average Bonchev–Trinajstić information content (AvgIpc) is 1.82. The molecule has 1 unspecified atom stereocenters. The molecule has 0 rings (SSSR count). The molecule has 5 heteroatoms. The third-order valence-electron chi connectivity index (χ3n) is 0.641. The Hall–Kier alpha value is -1.10. The zero-order valence-corrected chi connectivity index (χ0v) is 4.83. The summed E-state index contributed by atoms with van der Waals surface area (Å²) in [5.41, 5.74) is 1.77. The summed E-state index contributed by atoms with van der Waals surface area (Å²) >= 11 is 0. The molecule has 0 aromatic carbocycles. The molecular weight excluding hydrogens is 126 g/mol. The smallest absolute Gasteiger partial charge is 0.335 e. The summed E-state index contributed by atoms with van der Waals surface area (Å²) in [5.74, 6) is -1.12. The molecule has 1 amide bonds. The molecule has 0 fully saturated rings. The molecule has 0 spiro atoms. The summed E-state index contributed by atoms with van der Waals surface area (Å²) in [5, 5.41) is 8.13. The van der Waals surface area contributed by atoms with E-state index >= 15 is 0 Å². The van der Waals surface area contributed by atoms with Gasteiger partial charge in [-0.15, -0.1) is 0 Å². The number of hydrogen-bond acceptors (Lipinski definition) is 3. The van der Waals surface area contributed by atoms with Crippen molar-refractivity contribution in [2.24, 2.45) is 0 Å². The molecule has 0 bridgehead atoms. The van der Waals surface area contributed by atoms with Gasteiger partial charge in [0.05, 0.1) is 0 Å². The third kappa shape index (κ3) is 3.48. The van der Waals surface area contributed by atoms with E-state index in [9.17, 15) is 9.59 Å². The van der Waals surface area contributed by atoms with Gasteiger partial charge in [0.1, 0.15) is 0 Å². The Morgan fingerprint density at radius 2 is 2.44 bits per heavy atom. The average molecular weight is 133 g/mol. The van der Waals surface area contributed by atoms with Gasteiger partial charge in [-0.3, -0.25) is 9.63 Å². The molecule has 5 nitrogen and oxygen atoms in total. The van der Waals surface area contributed by atoms with Crippen molar-refractivity contribution < 1.29 is 19.5 Å². The predicted octanol–water partition coefficient (Wildman–Crippen LogP) is -0.863. The maximum atomic E-state index is 9.92. The van der Waals surface area contributed by atoms with E-state index in [1.807, 2.05) is 0 Å². The molecule has 0 aliphatic heterocycles. The second-order valence-corrected chi connectivity index (χ2v) is 1.33. The van der Waals surface area contributed by atoms with Crippen LogP contribution in [0.3, 0.4) is 0 Å². The fourth-order valence-corrected chi connectivity index (χ4v) is 0.180. The van der Waals surface area contributed by atoms with E-state index in [-0.39, 0.29) is 6.41 Å². The first-order valence-corrected chi connectivity index (χ1v) is 2.26. The topological polar surface area (TPSA) is 75.6 Å². The monoisotopic (exact) mass is 133 g/mol. The van der Waals surface area contributed by atoms with Gasteiger partial charge >= 0.3 is 5.97 Å². The minimum atomic E-state index is -1.12. The molecule has 0 aliphatic carbocycles. The number of carbonyl (C=O) groups excluding carboxylic acids is 1. The molecule has 9 heavy (non-hydrogen) atoms. The van der Waals surface area contributed by atoms with E-state index in [4.69, 9.17) is 5.11 Å². The quantitative estimate of drug-likeness (QED) is 0.386. The Kier molecular flexibility index (Phi) is 3.38. The number of carbonyl (C=O) groups is 2. The standard InChI is InChI=1S/C4H7NO4/c1-3(4(7)8)9-5-2-6/h2-3H,1H3,(H,5,6)(H,7,8). The molecule has 2 N–H and O–H groups in total. The van der Waals surface area contributed by atoms with Gasteiger partial charge < -0.3 is 5.11 Å². The first-order chi connectivity index (χ1) is 4.18. The first kappa shape index (κ1) is 7.90. The van der Waals surface area contributed by atoms with E-state index in [1.54, 1.807) is 5.48 Å². The first-order valence-electron chi connectivity index (χ1n) is 2.26. The Labute approximate surface area is 51.6 Å². The van der Waals surface area contributed by atoms with Crippen LogP contribution in [0.5, 0.6) is 0 Å². The van der Waals surface area contributed by atoms with Gasteiger partial charge in [-0.25, -0.2) is 10.3 Å². The fourth-order valence-electron chi connectivity index (χ4n) is 0.180. The van der Waals surface area contributed by atoms with E-state index < -0.39 is 12.1 Å². The van der Waals surface area contributed by atoms with Crippen LogP contribution in [0, 0.1) is 0 Å². The summed E-state index contributed by atoms with van der Waals surface area (Å²) in [7, 11) is 0. The lowest BCUT2D eigenvalue weighted by Crippen LogP contribution is -2.27. The van der Waals surface area contributed by atoms with Crippen LogP contribution in [0.25, 0.3) is 0 Å². The van der Waals surface area contributed by atoms with Crippen molar-refractivity contribution >= 4 is 12.4 Å². The Morgan fingerprint density at radius 1 is 1.89 bits per heavy atom. The number of nitrogens with one attached hydrogen (secondary N) is 1. The van der Waals surface area contributed by atoms with Gasteiger partial charge in [-0.2, -0.15) is 0 Å². The van der Waals surface area contributed by atoms with Crippen molar-refractivity contribution in [3.63, 3.8) is 0 Å². The molecule has 1 atom stereocenters. The van der Waals surface area contributed by atoms with Crippen LogP contribution in [-0.4, -0.2) is 23.6 Å². The van der Waals surface area contributed by atoms with Crippen LogP contribution >= 0.6 is 0 Å². The molecule has 0 saturated carbocycles. The zero-order chi connectivity index (χ0) is 7.28. The Bertz CT molecular complexity index is 113. The van der Waals surface area contributed by atoms with Gasteiger partial charge in [0, 0.05) is 0 Å². The van der Waals surface area contributed by atoms with Crippen LogP contribution in [-0.2, 0) is 14.4 Å². The lowest BCUT2D eigenvalue weighted by Gasteiger charge is -2.03. The van der Waals surface area contributed by atoms with E-state index in [0.717, 1.165) is 0 Å². The molecule has 0 radical (unpaired) electrons. The van der Waals surface area contributed by atoms with Gasteiger partial charge in [0.25, 0.3) is 0 Å². The lowest BCUT2D eigenvalue weighted by molar-refractivity contribution is -0.155. The highest BCUT2D eigenvalue weighted by Gasteiger charge is 2.09. The largest absolute Gasteiger partial charge is 0.479 e. The van der Waals surface area contributed by atoms with Crippen molar-refractivity contribution in [3.8, 4) is 0 Å². The summed E-state index contributed by atoms with van der Waals surface area (Å²) < 4.78 is 0. The number of rotatable bonds is 4. The molecule has 52 valence electrons. The van der Waals surface area contributed by atoms with Gasteiger partial charge in [0.2, 0.25) is 6.41 Å². The Balaban J connectivity index is 3.37. The maximum absolute atomic E-state index is 9.92. The second kappa shape index (κ2) is 3.85. The predicted molar refractivity (Wildman–Crippen MR) is 27.4 cm³/mol. The maximum Gasteiger partial charge on any atom is 0.335 e. The van der Waals surface area contributed by atoms with Crippen molar-refractivity contribution in [3.05, 3.63) is 0 Å². The van der Waals surface area contributed by atoms with Crippen LogP contribution in [0.15, 0.2) is 0 Å². The minimum Gasteiger partial charge on any atom is -0.479 e. The Morgan fingerprint density at radius 3 is 2.78 bits per heavy atom. The summed E-state index contributed by atoms with van der Waals surface area (Å²) in [6.07, 6.45) is -0.741. The van der Waals surface area contributed by atoms with Crippen molar-refractivity contribution in [2.45, 2.75) is 13.0 Å². The SMILES string of the molecule is CC(ONC=O)C(=O)O. The third-order valence-corrected chi connectivity index (χ3v) is 0.641.